The van der Waals surface area contributed by atoms with E-state index in [0.717, 1.165) is 4.89 Å². The van der Waals surface area contributed by atoms with Crippen LogP contribution in [0.2, 0.25) is 0 Å². The molecule has 174 valence electrons. The Bertz CT molecular complexity index is 1250. The molecular weight excluding hydrogens is 467 g/mol. The largest absolute Gasteiger partial charge is 0.496 e. The molecule has 14 heteroatoms. The summed E-state index contributed by atoms with van der Waals surface area (Å²) in [5, 5.41) is 2.90. The lowest BCUT2D eigenvalue weighted by Gasteiger charge is -2.10. The Balaban J connectivity index is 1.72. The highest BCUT2D eigenvalue weighted by atomic mass is 32.2. The van der Waals surface area contributed by atoms with Crippen molar-refractivity contribution in [1.82, 2.24) is 19.8 Å². The van der Waals surface area contributed by atoms with Crippen LogP contribution in [0, 0.1) is 0 Å². The number of para-hydroxylation sites is 1. The molecule has 0 saturated carbocycles. The molecule has 0 radical (unpaired) electrons. The summed E-state index contributed by atoms with van der Waals surface area (Å²) in [4.78, 5) is 27.9. The molecule has 0 bridgehead atoms. The first-order valence-electron chi connectivity index (χ1n) is 9.03. The highest BCUT2D eigenvalue weighted by Crippen LogP contribution is 2.27. The third-order valence-electron chi connectivity index (χ3n) is 3.95. The third-order valence-corrected chi connectivity index (χ3v) is 5.00. The monoisotopic (exact) mass is 483 g/mol. The summed E-state index contributed by atoms with van der Waals surface area (Å²) >= 11 is 0. The normalized spacial score (nSPS) is 11.6. The number of rotatable bonds is 8. The maximum absolute atomic E-state index is 12.1. The number of carbonyl (C=O) groups is 1. The van der Waals surface area contributed by atoms with Gasteiger partial charge in [-0.2, -0.15) is 18.2 Å². The fraction of sp³-hybridized carbons (Fsp3) is 0.158. The van der Waals surface area contributed by atoms with Crippen molar-refractivity contribution < 1.29 is 36.0 Å². The number of anilines is 2. The SMILES string of the molecule is COc1ccccc1-c1ncnc(Nc2cccc(CS(=O)(=O)NOC(=O)C(F)(F)F)c2)n1. The zero-order valence-corrected chi connectivity index (χ0v) is 17.6. The van der Waals surface area contributed by atoms with E-state index in [9.17, 15) is 26.4 Å². The number of nitrogens with zero attached hydrogens (tertiary/aromatic N) is 3. The topological polar surface area (TPSA) is 132 Å². The van der Waals surface area contributed by atoms with Crippen LogP contribution in [-0.4, -0.2) is 42.6 Å². The van der Waals surface area contributed by atoms with E-state index in [-0.39, 0.29) is 11.5 Å². The Labute approximate surface area is 185 Å². The number of halogens is 3. The van der Waals surface area contributed by atoms with Gasteiger partial charge in [0.05, 0.1) is 18.4 Å². The molecule has 0 aliphatic carbocycles. The van der Waals surface area contributed by atoms with Crippen LogP contribution >= 0.6 is 0 Å². The zero-order valence-electron chi connectivity index (χ0n) is 16.8. The van der Waals surface area contributed by atoms with Crippen LogP contribution in [0.15, 0.2) is 54.9 Å². The highest BCUT2D eigenvalue weighted by Gasteiger charge is 2.42. The lowest BCUT2D eigenvalue weighted by atomic mass is 10.2. The number of carbonyl (C=O) groups excluding carboxylic acids is 1. The molecule has 3 aromatic rings. The first-order valence-corrected chi connectivity index (χ1v) is 10.7. The van der Waals surface area contributed by atoms with E-state index in [2.05, 4.69) is 25.1 Å². The molecule has 10 nitrogen and oxygen atoms in total. The number of aromatic nitrogens is 3. The number of benzene rings is 2. The summed E-state index contributed by atoms with van der Waals surface area (Å²) in [6, 6.07) is 13.0. The predicted molar refractivity (Wildman–Crippen MR) is 109 cm³/mol. The van der Waals surface area contributed by atoms with E-state index in [0.29, 0.717) is 22.8 Å². The Morgan fingerprint density at radius 3 is 2.58 bits per heavy atom. The number of nitrogens with one attached hydrogen (secondary N) is 2. The molecule has 0 aliphatic rings. The van der Waals surface area contributed by atoms with Crippen LogP contribution in [0.4, 0.5) is 24.8 Å². The third kappa shape index (κ3) is 6.60. The van der Waals surface area contributed by atoms with E-state index in [1.807, 2.05) is 0 Å². The minimum absolute atomic E-state index is 0.156. The standard InChI is InChI=1S/C19H16F3N5O5S/c1-31-15-8-3-2-7-14(15)16-23-11-24-18(26-16)25-13-6-4-5-12(9-13)10-33(29,30)27-32-17(28)19(20,21)22/h2-9,11,27H,10H2,1H3,(H,23,24,25,26). The molecule has 1 heterocycles. The van der Waals surface area contributed by atoms with Crippen molar-refractivity contribution >= 4 is 27.6 Å². The van der Waals surface area contributed by atoms with Crippen molar-refractivity contribution in [2.24, 2.45) is 0 Å². The van der Waals surface area contributed by atoms with Gasteiger partial charge in [0.15, 0.2) is 5.82 Å². The van der Waals surface area contributed by atoms with Gasteiger partial charge < -0.3 is 14.9 Å². The molecular formula is C19H16F3N5O5S. The van der Waals surface area contributed by atoms with Crippen molar-refractivity contribution in [3.05, 3.63) is 60.4 Å². The number of ether oxygens (including phenoxy) is 1. The fourth-order valence-electron chi connectivity index (χ4n) is 2.59. The van der Waals surface area contributed by atoms with Crippen LogP contribution in [0.3, 0.4) is 0 Å². The van der Waals surface area contributed by atoms with Gasteiger partial charge in [0.25, 0.3) is 0 Å². The number of sulfonamides is 1. The molecule has 33 heavy (non-hydrogen) atoms. The molecule has 2 aromatic carbocycles. The summed E-state index contributed by atoms with van der Waals surface area (Å²) in [6.07, 6.45) is -4.05. The van der Waals surface area contributed by atoms with Crippen LogP contribution in [-0.2, 0) is 25.4 Å². The number of methoxy groups -OCH3 is 1. The molecule has 0 aliphatic heterocycles. The van der Waals surface area contributed by atoms with Gasteiger partial charge in [-0.3, -0.25) is 0 Å². The van der Waals surface area contributed by atoms with Crippen molar-refractivity contribution in [2.75, 3.05) is 12.4 Å². The highest BCUT2D eigenvalue weighted by molar-refractivity contribution is 7.88. The Hall–Kier alpha value is -3.78. The Kier molecular flexibility index (Phi) is 7.08. The van der Waals surface area contributed by atoms with E-state index < -0.39 is 27.9 Å². The lowest BCUT2D eigenvalue weighted by molar-refractivity contribution is -0.203. The number of hydrogen-bond donors (Lipinski definition) is 2. The van der Waals surface area contributed by atoms with Crippen LogP contribution < -0.4 is 14.9 Å². The quantitative estimate of drug-likeness (QED) is 0.464. The second-order valence-electron chi connectivity index (χ2n) is 6.39. The molecule has 0 unspecified atom stereocenters. The molecule has 0 amide bonds. The molecule has 0 atom stereocenters. The zero-order chi connectivity index (χ0) is 24.1. The van der Waals surface area contributed by atoms with Gasteiger partial charge in [-0.15, -0.1) is 0 Å². The van der Waals surface area contributed by atoms with Crippen LogP contribution in [0.5, 0.6) is 5.75 Å². The summed E-state index contributed by atoms with van der Waals surface area (Å²) in [6.45, 7) is 0. The van der Waals surface area contributed by atoms with Gasteiger partial charge in [0.2, 0.25) is 16.0 Å². The molecule has 0 fully saturated rings. The van der Waals surface area contributed by atoms with Crippen molar-refractivity contribution in [3.8, 4) is 17.1 Å². The smallest absolute Gasteiger partial charge is 0.492 e. The number of alkyl halides is 3. The van der Waals surface area contributed by atoms with E-state index >= 15 is 0 Å². The van der Waals surface area contributed by atoms with Crippen molar-refractivity contribution in [3.63, 3.8) is 0 Å². The maximum atomic E-state index is 12.1. The summed E-state index contributed by atoms with van der Waals surface area (Å²) in [7, 11) is -2.89. The maximum Gasteiger partial charge on any atom is 0.492 e. The second kappa shape index (κ2) is 9.79. The van der Waals surface area contributed by atoms with Gasteiger partial charge in [0, 0.05) is 5.69 Å². The molecule has 2 N–H and O–H groups in total. The minimum atomic E-state index is -5.33. The molecule has 0 spiro atoms. The molecule has 3 rings (SSSR count). The van der Waals surface area contributed by atoms with Crippen LogP contribution in [0.1, 0.15) is 5.56 Å². The van der Waals surface area contributed by atoms with E-state index in [1.54, 1.807) is 30.3 Å². The van der Waals surface area contributed by atoms with Crippen molar-refractivity contribution in [2.45, 2.75) is 11.9 Å². The fourth-order valence-corrected chi connectivity index (χ4v) is 3.47. The van der Waals surface area contributed by atoms with Gasteiger partial charge >= 0.3 is 12.1 Å². The first kappa shape index (κ1) is 23.9. The van der Waals surface area contributed by atoms with Crippen LogP contribution in [0.25, 0.3) is 11.4 Å². The second-order valence-corrected chi connectivity index (χ2v) is 8.07. The summed E-state index contributed by atoms with van der Waals surface area (Å²) < 4.78 is 65.6. The van der Waals surface area contributed by atoms with E-state index in [1.165, 1.54) is 31.6 Å². The molecule has 1 aromatic heterocycles. The predicted octanol–water partition coefficient (Wildman–Crippen LogP) is 2.73. The average molecular weight is 483 g/mol. The van der Waals surface area contributed by atoms with Crippen molar-refractivity contribution in [1.29, 1.82) is 0 Å². The molecule has 0 saturated heterocycles. The minimum Gasteiger partial charge on any atom is -0.496 e. The Morgan fingerprint density at radius 2 is 1.85 bits per heavy atom. The summed E-state index contributed by atoms with van der Waals surface area (Å²) in [5.74, 6) is -2.39. The first-order chi connectivity index (χ1) is 15.6. The average Bonchev–Trinajstić information content (AvgIpc) is 2.77. The number of hydrogen-bond acceptors (Lipinski definition) is 9. The van der Waals surface area contributed by atoms with Gasteiger partial charge in [0.1, 0.15) is 12.1 Å². The van der Waals surface area contributed by atoms with Gasteiger partial charge in [-0.1, -0.05) is 24.3 Å². The summed E-state index contributed by atoms with van der Waals surface area (Å²) in [5.41, 5.74) is 1.21. The van der Waals surface area contributed by atoms with Gasteiger partial charge in [-0.05, 0) is 34.7 Å². The Morgan fingerprint density at radius 1 is 1.09 bits per heavy atom. The van der Waals surface area contributed by atoms with Gasteiger partial charge in [-0.25, -0.2) is 23.2 Å². The lowest BCUT2D eigenvalue weighted by Crippen LogP contribution is -2.35. The van der Waals surface area contributed by atoms with E-state index in [4.69, 9.17) is 4.74 Å².